The Morgan fingerprint density at radius 1 is 1.32 bits per heavy atom. The van der Waals surface area contributed by atoms with Crippen LogP contribution < -0.4 is 5.32 Å². The zero-order valence-electron chi connectivity index (χ0n) is 13.6. The van der Waals surface area contributed by atoms with Gasteiger partial charge in [-0.05, 0) is 75.0 Å². The van der Waals surface area contributed by atoms with E-state index in [2.05, 4.69) is 17.4 Å². The van der Waals surface area contributed by atoms with E-state index in [1.807, 2.05) is 6.92 Å². The van der Waals surface area contributed by atoms with E-state index in [-0.39, 0.29) is 11.9 Å². The Labute approximate surface area is 132 Å². The summed E-state index contributed by atoms with van der Waals surface area (Å²) in [6, 6.07) is 2.01. The van der Waals surface area contributed by atoms with Gasteiger partial charge in [0.05, 0.1) is 0 Å². The van der Waals surface area contributed by atoms with E-state index in [0.717, 1.165) is 24.2 Å². The molecule has 4 aliphatic carbocycles. The molecule has 120 valence electrons. The molecule has 0 unspecified atom stereocenters. The monoisotopic (exact) mass is 302 g/mol. The van der Waals surface area contributed by atoms with Crippen LogP contribution in [-0.4, -0.2) is 17.1 Å². The van der Waals surface area contributed by atoms with Gasteiger partial charge in [0.15, 0.2) is 5.69 Å². The second-order valence-corrected chi connectivity index (χ2v) is 8.04. The standard InChI is InChI=1S/C18H26N2O2/c1-3-16(19-17(21)15-4-11(2)22-20-15)18-8-12-5-13(9-18)7-14(6-12)10-18/h4,12-14,16H,3,5-10H2,1-2H3,(H,19,21)/t12?,13?,14?,16-,18?/m1/s1. The Hall–Kier alpha value is -1.32. The van der Waals surface area contributed by atoms with E-state index in [9.17, 15) is 4.79 Å². The van der Waals surface area contributed by atoms with Gasteiger partial charge >= 0.3 is 0 Å². The van der Waals surface area contributed by atoms with Crippen molar-refractivity contribution in [2.45, 2.75) is 64.8 Å². The fourth-order valence-corrected chi connectivity index (χ4v) is 6.00. The maximum Gasteiger partial charge on any atom is 0.273 e. The average Bonchev–Trinajstić information content (AvgIpc) is 2.89. The van der Waals surface area contributed by atoms with E-state index in [1.54, 1.807) is 6.07 Å². The molecular weight excluding hydrogens is 276 g/mol. The maximum atomic E-state index is 12.5. The van der Waals surface area contributed by atoms with E-state index in [1.165, 1.54) is 38.5 Å². The van der Waals surface area contributed by atoms with E-state index in [4.69, 9.17) is 4.52 Å². The summed E-state index contributed by atoms with van der Waals surface area (Å²) >= 11 is 0. The number of aryl methyl sites for hydroxylation is 1. The smallest absolute Gasteiger partial charge is 0.273 e. The van der Waals surface area contributed by atoms with Gasteiger partial charge in [-0.1, -0.05) is 12.1 Å². The number of carbonyl (C=O) groups is 1. The highest BCUT2D eigenvalue weighted by Gasteiger charge is 2.54. The van der Waals surface area contributed by atoms with Gasteiger partial charge in [-0.2, -0.15) is 0 Å². The largest absolute Gasteiger partial charge is 0.361 e. The molecule has 4 heteroatoms. The number of amides is 1. The van der Waals surface area contributed by atoms with Crippen LogP contribution in [0.15, 0.2) is 10.6 Å². The van der Waals surface area contributed by atoms with Crippen LogP contribution in [-0.2, 0) is 0 Å². The summed E-state index contributed by atoms with van der Waals surface area (Å²) in [6.45, 7) is 4.03. The topological polar surface area (TPSA) is 55.1 Å². The predicted molar refractivity (Wildman–Crippen MR) is 83.4 cm³/mol. The van der Waals surface area contributed by atoms with Crippen molar-refractivity contribution >= 4 is 5.91 Å². The lowest BCUT2D eigenvalue weighted by Crippen LogP contribution is -2.56. The molecule has 4 bridgehead atoms. The number of hydrogen-bond acceptors (Lipinski definition) is 3. The van der Waals surface area contributed by atoms with Gasteiger partial charge in [0.1, 0.15) is 5.76 Å². The molecule has 1 aromatic rings. The number of aromatic nitrogens is 1. The van der Waals surface area contributed by atoms with Crippen molar-refractivity contribution in [3.8, 4) is 0 Å². The molecule has 22 heavy (non-hydrogen) atoms. The van der Waals surface area contributed by atoms with Crippen molar-refractivity contribution < 1.29 is 9.32 Å². The molecule has 1 N–H and O–H groups in total. The first-order valence-electron chi connectivity index (χ1n) is 8.82. The SMILES string of the molecule is CC[C@@H](NC(=O)c1cc(C)on1)C12CC3CC(CC(C3)C1)C2. The Bertz CT molecular complexity index is 542. The molecule has 4 aliphatic rings. The molecule has 1 heterocycles. The molecule has 5 rings (SSSR count). The Morgan fingerprint density at radius 2 is 1.91 bits per heavy atom. The highest BCUT2D eigenvalue weighted by Crippen LogP contribution is 2.61. The Morgan fingerprint density at radius 3 is 2.36 bits per heavy atom. The summed E-state index contributed by atoms with van der Waals surface area (Å²) in [7, 11) is 0. The van der Waals surface area contributed by atoms with Crippen molar-refractivity contribution in [1.82, 2.24) is 10.5 Å². The summed E-state index contributed by atoms with van der Waals surface area (Å²) < 4.78 is 5.04. The zero-order valence-corrected chi connectivity index (χ0v) is 13.6. The van der Waals surface area contributed by atoms with Crippen LogP contribution in [0.3, 0.4) is 0 Å². The predicted octanol–water partition coefficient (Wildman–Crippen LogP) is 3.71. The summed E-state index contributed by atoms with van der Waals surface area (Å²) in [6.07, 6.45) is 9.26. The summed E-state index contributed by atoms with van der Waals surface area (Å²) in [4.78, 5) is 12.5. The third-order valence-corrected chi connectivity index (χ3v) is 6.40. The fourth-order valence-electron chi connectivity index (χ4n) is 6.00. The molecule has 1 amide bonds. The average molecular weight is 302 g/mol. The first-order valence-corrected chi connectivity index (χ1v) is 8.82. The molecule has 4 nitrogen and oxygen atoms in total. The van der Waals surface area contributed by atoms with Crippen LogP contribution in [0.25, 0.3) is 0 Å². The minimum Gasteiger partial charge on any atom is -0.361 e. The summed E-state index contributed by atoms with van der Waals surface area (Å²) in [5.41, 5.74) is 0.762. The molecule has 4 saturated carbocycles. The lowest BCUT2D eigenvalue weighted by atomic mass is 9.47. The number of nitrogens with one attached hydrogen (secondary N) is 1. The molecule has 1 aromatic heterocycles. The van der Waals surface area contributed by atoms with Gasteiger partial charge in [-0.25, -0.2) is 0 Å². The van der Waals surface area contributed by atoms with Gasteiger partial charge in [-0.3, -0.25) is 4.79 Å². The van der Waals surface area contributed by atoms with Crippen LogP contribution >= 0.6 is 0 Å². The maximum absolute atomic E-state index is 12.5. The zero-order chi connectivity index (χ0) is 15.3. The number of hydrogen-bond donors (Lipinski definition) is 1. The third kappa shape index (κ3) is 2.27. The van der Waals surface area contributed by atoms with Crippen molar-refractivity contribution in [3.63, 3.8) is 0 Å². The first-order chi connectivity index (χ1) is 10.6. The summed E-state index contributed by atoms with van der Waals surface area (Å²) in [5.74, 6) is 3.34. The Kier molecular flexibility index (Phi) is 3.31. The lowest BCUT2D eigenvalue weighted by Gasteiger charge is -2.59. The molecule has 0 saturated heterocycles. The highest BCUT2D eigenvalue weighted by molar-refractivity contribution is 5.92. The third-order valence-electron chi connectivity index (χ3n) is 6.40. The van der Waals surface area contributed by atoms with Crippen LogP contribution in [0.4, 0.5) is 0 Å². The van der Waals surface area contributed by atoms with E-state index < -0.39 is 0 Å². The number of nitrogens with zero attached hydrogens (tertiary/aromatic N) is 1. The molecule has 1 atom stereocenters. The molecule has 0 radical (unpaired) electrons. The number of carbonyl (C=O) groups excluding carboxylic acids is 1. The van der Waals surface area contributed by atoms with E-state index in [0.29, 0.717) is 16.9 Å². The molecular formula is C18H26N2O2. The lowest BCUT2D eigenvalue weighted by molar-refractivity contribution is -0.0727. The molecule has 4 fully saturated rings. The van der Waals surface area contributed by atoms with Crippen LogP contribution in [0.1, 0.15) is 68.1 Å². The highest BCUT2D eigenvalue weighted by atomic mass is 16.5. The van der Waals surface area contributed by atoms with Crippen LogP contribution in [0.5, 0.6) is 0 Å². The molecule has 0 spiro atoms. The van der Waals surface area contributed by atoms with Gasteiger partial charge in [-0.15, -0.1) is 0 Å². The minimum absolute atomic E-state index is 0.0700. The van der Waals surface area contributed by atoms with Crippen LogP contribution in [0, 0.1) is 30.1 Å². The van der Waals surface area contributed by atoms with Gasteiger partial charge in [0, 0.05) is 12.1 Å². The fraction of sp³-hybridized carbons (Fsp3) is 0.778. The molecule has 0 aliphatic heterocycles. The van der Waals surface area contributed by atoms with Crippen molar-refractivity contribution in [2.75, 3.05) is 0 Å². The second kappa shape index (κ2) is 5.10. The van der Waals surface area contributed by atoms with Gasteiger partial charge < -0.3 is 9.84 Å². The Balaban J connectivity index is 1.53. The van der Waals surface area contributed by atoms with Gasteiger partial charge in [0.25, 0.3) is 5.91 Å². The second-order valence-electron chi connectivity index (χ2n) is 8.04. The molecule has 0 aromatic carbocycles. The van der Waals surface area contributed by atoms with Crippen molar-refractivity contribution in [1.29, 1.82) is 0 Å². The van der Waals surface area contributed by atoms with Crippen molar-refractivity contribution in [2.24, 2.45) is 23.2 Å². The normalized spacial score (nSPS) is 37.3. The minimum atomic E-state index is -0.0700. The number of rotatable bonds is 4. The van der Waals surface area contributed by atoms with E-state index >= 15 is 0 Å². The van der Waals surface area contributed by atoms with Crippen LogP contribution in [0.2, 0.25) is 0 Å². The van der Waals surface area contributed by atoms with Crippen molar-refractivity contribution in [3.05, 3.63) is 17.5 Å². The summed E-state index contributed by atoms with van der Waals surface area (Å²) in [5, 5.41) is 7.15. The van der Waals surface area contributed by atoms with Gasteiger partial charge in [0.2, 0.25) is 0 Å². The quantitative estimate of drug-likeness (QED) is 0.922. The first kappa shape index (κ1) is 14.3.